The number of anilines is 1. The van der Waals surface area contributed by atoms with Crippen molar-refractivity contribution in [3.05, 3.63) is 90.0 Å². The molecule has 0 aliphatic rings. The maximum atomic E-state index is 13.7. The van der Waals surface area contributed by atoms with E-state index in [9.17, 15) is 13.2 Å². The Morgan fingerprint density at radius 2 is 1.53 bits per heavy atom. The summed E-state index contributed by atoms with van der Waals surface area (Å²) < 4.78 is 34.1. The van der Waals surface area contributed by atoms with E-state index >= 15 is 0 Å². The third kappa shape index (κ3) is 5.11. The number of nitrogens with zero attached hydrogens (tertiary/aromatic N) is 2. The van der Waals surface area contributed by atoms with Crippen LogP contribution in [0.5, 0.6) is 5.75 Å². The summed E-state index contributed by atoms with van der Waals surface area (Å²) in [5.41, 5.74) is 1.71. The average molecular weight is 453 g/mol. The highest BCUT2D eigenvalue weighted by Crippen LogP contribution is 2.28. The van der Waals surface area contributed by atoms with Crippen molar-refractivity contribution < 1.29 is 17.9 Å². The van der Waals surface area contributed by atoms with E-state index in [0.29, 0.717) is 30.1 Å². The van der Waals surface area contributed by atoms with Crippen LogP contribution in [0.4, 0.5) is 5.69 Å². The van der Waals surface area contributed by atoms with Crippen molar-refractivity contribution in [1.29, 1.82) is 0 Å². The van der Waals surface area contributed by atoms with Gasteiger partial charge in [-0.3, -0.25) is 9.10 Å². The van der Waals surface area contributed by atoms with Gasteiger partial charge in [0, 0.05) is 18.7 Å². The topological polar surface area (TPSA) is 66.9 Å². The number of amides is 1. The molecule has 3 aromatic carbocycles. The number of hydrogen-bond acceptors (Lipinski definition) is 4. The van der Waals surface area contributed by atoms with Crippen LogP contribution < -0.4 is 9.04 Å². The molecule has 3 rings (SSSR count). The van der Waals surface area contributed by atoms with Gasteiger partial charge in [-0.25, -0.2) is 8.42 Å². The summed E-state index contributed by atoms with van der Waals surface area (Å²) in [5, 5.41) is 0. The molecule has 0 atom stereocenters. The fourth-order valence-corrected chi connectivity index (χ4v) is 4.92. The van der Waals surface area contributed by atoms with Crippen LogP contribution in [0.25, 0.3) is 0 Å². The number of rotatable bonds is 9. The van der Waals surface area contributed by atoms with Crippen LogP contribution in [-0.4, -0.2) is 39.4 Å². The van der Waals surface area contributed by atoms with E-state index in [1.54, 1.807) is 48.4 Å². The molecule has 0 fully saturated rings. The molecule has 0 N–H and O–H groups in total. The predicted molar refractivity (Wildman–Crippen MR) is 126 cm³/mol. The zero-order chi connectivity index (χ0) is 23.1. The number of sulfonamides is 1. The molecule has 0 bridgehead atoms. The Labute approximate surface area is 190 Å². The maximum Gasteiger partial charge on any atom is 0.264 e. The Hall–Kier alpha value is -3.32. The van der Waals surface area contributed by atoms with Crippen molar-refractivity contribution in [2.24, 2.45) is 0 Å². The highest BCUT2D eigenvalue weighted by atomic mass is 32.2. The van der Waals surface area contributed by atoms with Crippen molar-refractivity contribution in [2.45, 2.75) is 25.3 Å². The SMILES string of the molecule is CCN(CC)C(=O)c1cccc(S(=O)(=O)N(Cc2ccccc2)c2ccc(OC)cc2)c1. The van der Waals surface area contributed by atoms with Crippen LogP contribution >= 0.6 is 0 Å². The molecule has 7 heteroatoms. The fraction of sp³-hybridized carbons (Fsp3) is 0.240. The van der Waals surface area contributed by atoms with E-state index in [1.807, 2.05) is 44.2 Å². The molecule has 1 amide bonds. The van der Waals surface area contributed by atoms with Gasteiger partial charge in [-0.05, 0) is 61.9 Å². The minimum absolute atomic E-state index is 0.0715. The average Bonchev–Trinajstić information content (AvgIpc) is 2.84. The number of carbonyl (C=O) groups is 1. The number of ether oxygens (including phenoxy) is 1. The summed E-state index contributed by atoms with van der Waals surface area (Å²) in [5.74, 6) is 0.448. The number of benzene rings is 3. The molecule has 32 heavy (non-hydrogen) atoms. The summed E-state index contributed by atoms with van der Waals surface area (Å²) in [6, 6.07) is 22.5. The molecule has 0 unspecified atom stereocenters. The number of methoxy groups -OCH3 is 1. The van der Waals surface area contributed by atoms with Crippen molar-refractivity contribution in [3.63, 3.8) is 0 Å². The Kier molecular flexibility index (Phi) is 7.53. The molecule has 0 aliphatic heterocycles. The highest BCUT2D eigenvalue weighted by Gasteiger charge is 2.26. The zero-order valence-corrected chi connectivity index (χ0v) is 19.4. The second-order valence-corrected chi connectivity index (χ2v) is 9.06. The van der Waals surface area contributed by atoms with Gasteiger partial charge >= 0.3 is 0 Å². The van der Waals surface area contributed by atoms with E-state index in [1.165, 1.54) is 16.4 Å². The van der Waals surface area contributed by atoms with Gasteiger partial charge in [-0.15, -0.1) is 0 Å². The molecule has 0 saturated heterocycles. The quantitative estimate of drug-likeness (QED) is 0.477. The van der Waals surface area contributed by atoms with Crippen LogP contribution in [0, 0.1) is 0 Å². The van der Waals surface area contributed by atoms with Gasteiger partial charge in [0.1, 0.15) is 5.75 Å². The number of hydrogen-bond donors (Lipinski definition) is 0. The molecule has 0 heterocycles. The Morgan fingerprint density at radius 3 is 2.12 bits per heavy atom. The summed E-state index contributed by atoms with van der Waals surface area (Å²) in [6.45, 7) is 5.06. The Balaban J connectivity index is 2.05. The smallest absolute Gasteiger partial charge is 0.264 e. The van der Waals surface area contributed by atoms with E-state index < -0.39 is 10.0 Å². The Morgan fingerprint density at radius 1 is 0.875 bits per heavy atom. The van der Waals surface area contributed by atoms with E-state index in [0.717, 1.165) is 5.56 Å². The predicted octanol–water partition coefficient (Wildman–Crippen LogP) is 4.57. The standard InChI is InChI=1S/C25H28N2O4S/c1-4-26(5-2)25(28)21-12-9-13-24(18-21)32(29,30)27(19-20-10-7-6-8-11-20)22-14-16-23(31-3)17-15-22/h6-18H,4-5,19H2,1-3H3. The monoisotopic (exact) mass is 452 g/mol. The van der Waals surface area contributed by atoms with Gasteiger partial charge in [0.25, 0.3) is 15.9 Å². The molecular weight excluding hydrogens is 424 g/mol. The third-order valence-corrected chi connectivity index (χ3v) is 7.02. The first-order valence-electron chi connectivity index (χ1n) is 10.5. The molecule has 0 aromatic heterocycles. The first-order valence-corrected chi connectivity index (χ1v) is 11.9. The lowest BCUT2D eigenvalue weighted by Gasteiger charge is -2.25. The van der Waals surface area contributed by atoms with E-state index in [4.69, 9.17) is 4.74 Å². The lowest BCUT2D eigenvalue weighted by Crippen LogP contribution is -2.32. The lowest BCUT2D eigenvalue weighted by molar-refractivity contribution is 0.0772. The van der Waals surface area contributed by atoms with Crippen LogP contribution in [0.15, 0.2) is 83.8 Å². The zero-order valence-electron chi connectivity index (χ0n) is 18.6. The summed E-state index contributed by atoms with van der Waals surface area (Å²) in [6.07, 6.45) is 0. The van der Waals surface area contributed by atoms with E-state index in [2.05, 4.69) is 0 Å². The second-order valence-electron chi connectivity index (χ2n) is 7.20. The number of carbonyl (C=O) groups excluding carboxylic acids is 1. The van der Waals surface area contributed by atoms with Crippen LogP contribution in [0.1, 0.15) is 29.8 Å². The third-order valence-electron chi connectivity index (χ3n) is 5.25. The molecule has 0 spiro atoms. The van der Waals surface area contributed by atoms with Crippen molar-refractivity contribution in [3.8, 4) is 5.75 Å². The largest absolute Gasteiger partial charge is 0.497 e. The van der Waals surface area contributed by atoms with Crippen LogP contribution in [0.2, 0.25) is 0 Å². The minimum Gasteiger partial charge on any atom is -0.497 e. The molecule has 3 aromatic rings. The molecule has 0 saturated carbocycles. The van der Waals surface area contributed by atoms with E-state index in [-0.39, 0.29) is 17.3 Å². The fourth-order valence-electron chi connectivity index (χ4n) is 3.42. The van der Waals surface area contributed by atoms with Crippen molar-refractivity contribution in [1.82, 2.24) is 4.90 Å². The molecular formula is C25H28N2O4S. The first kappa shape index (κ1) is 23.3. The van der Waals surface area contributed by atoms with Gasteiger partial charge in [-0.1, -0.05) is 36.4 Å². The summed E-state index contributed by atoms with van der Waals surface area (Å²) in [7, 11) is -2.38. The minimum atomic E-state index is -3.95. The van der Waals surface area contributed by atoms with Crippen molar-refractivity contribution >= 4 is 21.6 Å². The second kappa shape index (κ2) is 10.3. The summed E-state index contributed by atoms with van der Waals surface area (Å²) >= 11 is 0. The lowest BCUT2D eigenvalue weighted by atomic mass is 10.2. The van der Waals surface area contributed by atoms with Gasteiger partial charge in [0.05, 0.1) is 24.2 Å². The van der Waals surface area contributed by atoms with Gasteiger partial charge < -0.3 is 9.64 Å². The van der Waals surface area contributed by atoms with Gasteiger partial charge in [-0.2, -0.15) is 0 Å². The molecule has 6 nitrogen and oxygen atoms in total. The van der Waals surface area contributed by atoms with Gasteiger partial charge in [0.15, 0.2) is 0 Å². The molecule has 0 radical (unpaired) electrons. The molecule has 168 valence electrons. The highest BCUT2D eigenvalue weighted by molar-refractivity contribution is 7.92. The van der Waals surface area contributed by atoms with Gasteiger partial charge in [0.2, 0.25) is 0 Å². The van der Waals surface area contributed by atoms with Crippen LogP contribution in [-0.2, 0) is 16.6 Å². The first-order chi connectivity index (χ1) is 15.4. The summed E-state index contributed by atoms with van der Waals surface area (Å²) in [4.78, 5) is 14.5. The van der Waals surface area contributed by atoms with Crippen molar-refractivity contribution in [2.75, 3.05) is 24.5 Å². The van der Waals surface area contributed by atoms with Crippen LogP contribution in [0.3, 0.4) is 0 Å². The maximum absolute atomic E-state index is 13.7. The Bertz CT molecular complexity index is 1140. The normalized spacial score (nSPS) is 11.1. The molecule has 0 aliphatic carbocycles.